The molecule has 0 saturated carbocycles. The third-order valence-corrected chi connectivity index (χ3v) is 10.7. The highest BCUT2D eigenvalue weighted by Gasteiger charge is 2.28. The van der Waals surface area contributed by atoms with E-state index in [1.54, 1.807) is 0 Å². The SMILES string of the molecule is CCCCCCCCCCCC/C=C\CCCCCCCC(O)CC(=O)NC(COP(=O)(O)OCCN)C(O)CCCCCCCCCCCC. The molecule has 0 heterocycles. The molecule has 0 aromatic carbocycles. The largest absolute Gasteiger partial charge is 0.472 e. The van der Waals surface area contributed by atoms with Gasteiger partial charge in [-0.15, -0.1) is 0 Å². The van der Waals surface area contributed by atoms with Crippen LogP contribution in [0, 0.1) is 0 Å². The molecule has 6 N–H and O–H groups in total. The van der Waals surface area contributed by atoms with E-state index in [1.807, 2.05) is 0 Å². The highest BCUT2D eigenvalue weighted by molar-refractivity contribution is 7.47. The van der Waals surface area contributed by atoms with Gasteiger partial charge in [-0.05, 0) is 38.5 Å². The van der Waals surface area contributed by atoms with Crippen molar-refractivity contribution in [2.75, 3.05) is 19.8 Å². The van der Waals surface area contributed by atoms with Crippen LogP contribution in [0.5, 0.6) is 0 Å². The van der Waals surface area contributed by atoms with Gasteiger partial charge in [0.1, 0.15) is 0 Å². The lowest BCUT2D eigenvalue weighted by Gasteiger charge is -2.25. The Bertz CT molecular complexity index is 832. The van der Waals surface area contributed by atoms with Gasteiger partial charge in [-0.1, -0.05) is 174 Å². The molecule has 0 aliphatic carbocycles. The number of aliphatic hydroxyl groups excluding tert-OH is 2. The van der Waals surface area contributed by atoms with Gasteiger partial charge in [-0.2, -0.15) is 0 Å². The first-order valence-corrected chi connectivity index (χ1v) is 22.9. The number of nitrogens with one attached hydrogen (secondary N) is 1. The number of phosphoric ester groups is 1. The van der Waals surface area contributed by atoms with Crippen LogP contribution in [0.15, 0.2) is 12.2 Å². The van der Waals surface area contributed by atoms with Crippen LogP contribution < -0.4 is 11.1 Å². The molecule has 9 nitrogen and oxygen atoms in total. The van der Waals surface area contributed by atoms with Gasteiger partial charge in [0.05, 0.1) is 37.9 Å². The number of phosphoric acid groups is 1. The number of carbonyl (C=O) groups is 1. The van der Waals surface area contributed by atoms with Crippen molar-refractivity contribution in [2.24, 2.45) is 5.73 Å². The summed E-state index contributed by atoms with van der Waals surface area (Å²) in [5.41, 5.74) is 5.35. The molecule has 0 aromatic heterocycles. The summed E-state index contributed by atoms with van der Waals surface area (Å²) in [6, 6.07) is -0.894. The molecule has 0 fully saturated rings. The first kappa shape index (κ1) is 50.2. The zero-order chi connectivity index (χ0) is 37.7. The van der Waals surface area contributed by atoms with Crippen molar-refractivity contribution >= 4 is 13.7 Å². The van der Waals surface area contributed by atoms with Crippen LogP contribution in [0.4, 0.5) is 0 Å². The van der Waals surface area contributed by atoms with Gasteiger partial charge in [-0.3, -0.25) is 13.8 Å². The molecule has 0 aromatic rings. The third-order valence-electron chi connectivity index (χ3n) is 9.67. The van der Waals surface area contributed by atoms with Crippen LogP contribution >= 0.6 is 7.82 Å². The molecule has 10 heteroatoms. The molecule has 0 radical (unpaired) electrons. The number of rotatable bonds is 40. The number of nitrogens with two attached hydrogens (primary N) is 1. The molecule has 0 spiro atoms. The number of amides is 1. The average molecular weight is 747 g/mol. The topological polar surface area (TPSA) is 151 Å². The highest BCUT2D eigenvalue weighted by Crippen LogP contribution is 2.43. The Morgan fingerprint density at radius 1 is 0.647 bits per heavy atom. The lowest BCUT2D eigenvalue weighted by molar-refractivity contribution is -0.125. The minimum Gasteiger partial charge on any atom is -0.393 e. The van der Waals surface area contributed by atoms with Crippen LogP contribution in [0.1, 0.15) is 206 Å². The second kappa shape index (κ2) is 37.5. The fourth-order valence-corrected chi connectivity index (χ4v) is 7.17. The van der Waals surface area contributed by atoms with Gasteiger partial charge in [-0.25, -0.2) is 4.57 Å². The summed E-state index contributed by atoms with van der Waals surface area (Å²) in [6.45, 7) is 4.03. The van der Waals surface area contributed by atoms with E-state index < -0.39 is 32.0 Å². The Labute approximate surface area is 314 Å². The van der Waals surface area contributed by atoms with E-state index in [4.69, 9.17) is 14.8 Å². The number of hydrogen-bond donors (Lipinski definition) is 5. The van der Waals surface area contributed by atoms with E-state index in [9.17, 15) is 24.5 Å². The summed E-state index contributed by atoms with van der Waals surface area (Å²) < 4.78 is 22.1. The van der Waals surface area contributed by atoms with E-state index in [0.717, 1.165) is 44.9 Å². The van der Waals surface area contributed by atoms with Gasteiger partial charge < -0.3 is 26.2 Å². The van der Waals surface area contributed by atoms with Gasteiger partial charge in [0.2, 0.25) is 5.91 Å². The molecule has 0 rings (SSSR count). The predicted molar refractivity (Wildman–Crippen MR) is 214 cm³/mol. The summed E-state index contributed by atoms with van der Waals surface area (Å²) in [5, 5.41) is 24.1. The van der Waals surface area contributed by atoms with E-state index in [1.165, 1.54) is 128 Å². The summed E-state index contributed by atoms with van der Waals surface area (Å²) in [5.74, 6) is -0.418. The smallest absolute Gasteiger partial charge is 0.393 e. The van der Waals surface area contributed by atoms with Crippen LogP contribution in [-0.2, 0) is 18.4 Å². The van der Waals surface area contributed by atoms with Crippen LogP contribution in [0.2, 0.25) is 0 Å². The van der Waals surface area contributed by atoms with Crippen molar-refractivity contribution in [3.05, 3.63) is 12.2 Å². The van der Waals surface area contributed by atoms with Gasteiger partial charge >= 0.3 is 7.82 Å². The lowest BCUT2D eigenvalue weighted by atomic mass is 10.0. The summed E-state index contributed by atoms with van der Waals surface area (Å²) in [7, 11) is -4.37. The van der Waals surface area contributed by atoms with Crippen LogP contribution in [0.25, 0.3) is 0 Å². The molecule has 51 heavy (non-hydrogen) atoms. The van der Waals surface area contributed by atoms with Crippen molar-refractivity contribution in [1.29, 1.82) is 0 Å². The standard InChI is InChI=1S/C41H83N2O7P/c1-3-5-7-9-11-13-15-16-17-18-19-20-21-22-23-24-26-28-30-32-38(44)36-41(46)43-39(37-50-51(47,48)49-35-34-42)40(45)33-31-29-27-25-14-12-10-8-6-4-2/h20-21,38-40,44-45H,3-19,22-37,42H2,1-2H3,(H,43,46)(H,47,48)/b21-20-. The second-order valence-electron chi connectivity index (χ2n) is 14.7. The Hall–Kier alpha value is -0.800. The zero-order valence-corrected chi connectivity index (χ0v) is 34.1. The van der Waals surface area contributed by atoms with Crippen molar-refractivity contribution < 1.29 is 33.5 Å². The van der Waals surface area contributed by atoms with E-state index >= 15 is 0 Å². The molecule has 0 saturated heterocycles. The molecular formula is C41H83N2O7P. The Balaban J connectivity index is 4.19. The predicted octanol–water partition coefficient (Wildman–Crippen LogP) is 10.6. The second-order valence-corrected chi connectivity index (χ2v) is 16.2. The maximum absolute atomic E-state index is 12.8. The monoisotopic (exact) mass is 747 g/mol. The fourth-order valence-electron chi connectivity index (χ4n) is 6.41. The minimum absolute atomic E-state index is 0.0597. The highest BCUT2D eigenvalue weighted by atomic mass is 31.2. The van der Waals surface area contributed by atoms with E-state index in [-0.39, 0.29) is 26.2 Å². The summed E-state index contributed by atoms with van der Waals surface area (Å²) >= 11 is 0. The van der Waals surface area contributed by atoms with Crippen molar-refractivity contribution in [2.45, 2.75) is 225 Å². The number of hydrogen-bond acceptors (Lipinski definition) is 7. The molecule has 1 amide bonds. The molecule has 304 valence electrons. The van der Waals surface area contributed by atoms with Crippen molar-refractivity contribution in [3.8, 4) is 0 Å². The van der Waals surface area contributed by atoms with E-state index in [2.05, 4.69) is 31.3 Å². The summed E-state index contributed by atoms with van der Waals surface area (Å²) in [6.07, 6.45) is 36.9. The molecule has 0 bridgehead atoms. The number of aliphatic hydroxyl groups is 2. The normalized spacial score (nSPS) is 14.9. The molecule has 4 unspecified atom stereocenters. The van der Waals surface area contributed by atoms with Gasteiger partial charge in [0.25, 0.3) is 0 Å². The quantitative estimate of drug-likeness (QED) is 0.0236. The molecular weight excluding hydrogens is 663 g/mol. The zero-order valence-electron chi connectivity index (χ0n) is 33.2. The molecule has 0 aliphatic heterocycles. The maximum atomic E-state index is 12.8. The summed E-state index contributed by atoms with van der Waals surface area (Å²) in [4.78, 5) is 22.7. The Morgan fingerprint density at radius 2 is 1.06 bits per heavy atom. The maximum Gasteiger partial charge on any atom is 0.472 e. The van der Waals surface area contributed by atoms with Crippen molar-refractivity contribution in [3.63, 3.8) is 0 Å². The first-order chi connectivity index (χ1) is 24.8. The number of unbranched alkanes of at least 4 members (excludes halogenated alkanes) is 24. The van der Waals surface area contributed by atoms with Gasteiger partial charge in [0.15, 0.2) is 0 Å². The minimum atomic E-state index is -4.37. The third kappa shape index (κ3) is 36.0. The average Bonchev–Trinajstić information content (AvgIpc) is 3.10. The van der Waals surface area contributed by atoms with Crippen LogP contribution in [-0.4, -0.2) is 59.0 Å². The number of carbonyl (C=O) groups excluding carboxylic acids is 1. The van der Waals surface area contributed by atoms with Crippen molar-refractivity contribution in [1.82, 2.24) is 5.32 Å². The Kier molecular flexibility index (Phi) is 36.9. The molecule has 4 atom stereocenters. The molecule has 0 aliphatic rings. The van der Waals surface area contributed by atoms with Crippen LogP contribution in [0.3, 0.4) is 0 Å². The first-order valence-electron chi connectivity index (χ1n) is 21.4. The van der Waals surface area contributed by atoms with E-state index in [0.29, 0.717) is 12.8 Å². The number of allylic oxidation sites excluding steroid dienone is 2. The fraction of sp³-hybridized carbons (Fsp3) is 0.927. The Morgan fingerprint density at radius 3 is 1.51 bits per heavy atom. The lowest BCUT2D eigenvalue weighted by Crippen LogP contribution is -2.47. The van der Waals surface area contributed by atoms with Gasteiger partial charge in [0, 0.05) is 6.54 Å².